The first-order valence-corrected chi connectivity index (χ1v) is 3.56. The normalized spacial score (nSPS) is 9.60. The number of halogens is 2. The van der Waals surface area contributed by atoms with E-state index in [1.165, 1.54) is 0 Å². The van der Waals surface area contributed by atoms with E-state index in [1.54, 1.807) is 19.0 Å². The van der Waals surface area contributed by atoms with Crippen molar-refractivity contribution in [3.63, 3.8) is 0 Å². The monoisotopic (exact) mass is 153 g/mol. The Labute approximate surface area is 62.0 Å². The average molecular weight is 153 g/mol. The van der Waals surface area contributed by atoms with Gasteiger partial charge in [-0.15, -0.1) is 0 Å². The van der Waals surface area contributed by atoms with Crippen LogP contribution >= 0.6 is 0 Å². The number of hydrogen-bond acceptors (Lipinski definition) is 1. The zero-order chi connectivity index (χ0) is 8.57. The molecule has 64 valence electrons. The lowest BCUT2D eigenvalue weighted by Gasteiger charge is -2.06. The standard InChI is InChI=1S/C5H11F2N.C2H6/c1-8(2)4-3-5(6)7;1-2/h5H,3-4H2,1-2H3;1-2H3. The minimum atomic E-state index is -2.16. The van der Waals surface area contributed by atoms with Crippen LogP contribution in [0, 0.1) is 0 Å². The molecule has 0 aliphatic carbocycles. The van der Waals surface area contributed by atoms with Crippen LogP contribution in [0.5, 0.6) is 0 Å². The van der Waals surface area contributed by atoms with Crippen LogP contribution in [0.15, 0.2) is 0 Å². The summed E-state index contributed by atoms with van der Waals surface area (Å²) in [6, 6.07) is 0. The molecule has 0 saturated heterocycles. The minimum Gasteiger partial charge on any atom is -0.309 e. The maximum atomic E-state index is 11.4. The van der Waals surface area contributed by atoms with Crippen molar-refractivity contribution < 1.29 is 8.78 Å². The van der Waals surface area contributed by atoms with Gasteiger partial charge in [0.1, 0.15) is 0 Å². The maximum absolute atomic E-state index is 11.4. The Morgan fingerprint density at radius 2 is 1.60 bits per heavy atom. The van der Waals surface area contributed by atoms with E-state index in [1.807, 2.05) is 13.8 Å². The van der Waals surface area contributed by atoms with E-state index in [4.69, 9.17) is 0 Å². The predicted octanol–water partition coefficient (Wildman–Crippen LogP) is 2.23. The van der Waals surface area contributed by atoms with Crippen LogP contribution in [-0.4, -0.2) is 32.0 Å². The van der Waals surface area contributed by atoms with Gasteiger partial charge in [0, 0.05) is 13.0 Å². The molecule has 0 aliphatic rings. The molecule has 0 rings (SSSR count). The molecule has 0 aromatic heterocycles. The fraction of sp³-hybridized carbons (Fsp3) is 1.00. The molecule has 0 heterocycles. The van der Waals surface area contributed by atoms with Gasteiger partial charge in [-0.2, -0.15) is 0 Å². The van der Waals surface area contributed by atoms with Crippen molar-refractivity contribution in [1.29, 1.82) is 0 Å². The van der Waals surface area contributed by atoms with Crippen molar-refractivity contribution in [3.8, 4) is 0 Å². The van der Waals surface area contributed by atoms with Crippen molar-refractivity contribution in [1.82, 2.24) is 4.90 Å². The van der Waals surface area contributed by atoms with E-state index >= 15 is 0 Å². The Balaban J connectivity index is 0. The summed E-state index contributed by atoms with van der Waals surface area (Å²) < 4.78 is 22.7. The van der Waals surface area contributed by atoms with Crippen LogP contribution in [0.1, 0.15) is 20.3 Å². The zero-order valence-corrected chi connectivity index (χ0v) is 7.19. The van der Waals surface area contributed by atoms with E-state index < -0.39 is 6.43 Å². The number of hydrogen-bond donors (Lipinski definition) is 0. The lowest BCUT2D eigenvalue weighted by molar-refractivity contribution is 0.126. The van der Waals surface area contributed by atoms with E-state index in [-0.39, 0.29) is 6.42 Å². The van der Waals surface area contributed by atoms with Crippen LogP contribution < -0.4 is 0 Å². The Morgan fingerprint density at radius 3 is 1.70 bits per heavy atom. The second-order valence-electron chi connectivity index (χ2n) is 1.98. The summed E-state index contributed by atoms with van der Waals surface area (Å²) >= 11 is 0. The van der Waals surface area contributed by atoms with Gasteiger partial charge in [-0.3, -0.25) is 0 Å². The topological polar surface area (TPSA) is 3.24 Å². The third-order valence-corrected chi connectivity index (χ3v) is 0.795. The summed E-state index contributed by atoms with van der Waals surface area (Å²) in [5, 5.41) is 0. The molecule has 0 aromatic carbocycles. The fourth-order valence-electron chi connectivity index (χ4n) is 0.356. The first-order valence-electron chi connectivity index (χ1n) is 3.56. The summed E-state index contributed by atoms with van der Waals surface area (Å²) in [4.78, 5) is 1.74. The quantitative estimate of drug-likeness (QED) is 0.601. The van der Waals surface area contributed by atoms with Gasteiger partial charge in [0.25, 0.3) is 0 Å². The molecule has 10 heavy (non-hydrogen) atoms. The molecular weight excluding hydrogens is 136 g/mol. The van der Waals surface area contributed by atoms with Crippen LogP contribution in [0.25, 0.3) is 0 Å². The van der Waals surface area contributed by atoms with Crippen molar-refractivity contribution in [2.75, 3.05) is 20.6 Å². The van der Waals surface area contributed by atoms with E-state index in [0.717, 1.165) is 0 Å². The third kappa shape index (κ3) is 15.7. The molecule has 0 amide bonds. The van der Waals surface area contributed by atoms with E-state index in [0.29, 0.717) is 6.54 Å². The Bertz CT molecular complexity index is 47.6. The molecule has 0 saturated carbocycles. The second kappa shape index (κ2) is 8.82. The van der Waals surface area contributed by atoms with Crippen LogP contribution in [0.4, 0.5) is 8.78 Å². The van der Waals surface area contributed by atoms with Crippen LogP contribution in [-0.2, 0) is 0 Å². The molecule has 0 fully saturated rings. The van der Waals surface area contributed by atoms with Crippen molar-refractivity contribution >= 4 is 0 Å². The molecule has 3 heteroatoms. The van der Waals surface area contributed by atoms with Gasteiger partial charge in [-0.1, -0.05) is 13.8 Å². The molecule has 0 atom stereocenters. The molecule has 0 radical (unpaired) electrons. The van der Waals surface area contributed by atoms with E-state index in [2.05, 4.69) is 0 Å². The van der Waals surface area contributed by atoms with Crippen molar-refractivity contribution in [2.24, 2.45) is 0 Å². The summed E-state index contributed by atoms with van der Waals surface area (Å²) in [5.41, 5.74) is 0. The molecule has 0 spiro atoms. The lowest BCUT2D eigenvalue weighted by Crippen LogP contribution is -2.15. The van der Waals surface area contributed by atoms with Gasteiger partial charge in [0.05, 0.1) is 0 Å². The van der Waals surface area contributed by atoms with Crippen LogP contribution in [0.3, 0.4) is 0 Å². The van der Waals surface area contributed by atoms with Gasteiger partial charge in [0.2, 0.25) is 6.43 Å². The van der Waals surface area contributed by atoms with Gasteiger partial charge in [-0.05, 0) is 14.1 Å². The highest BCUT2D eigenvalue weighted by Gasteiger charge is 2.00. The van der Waals surface area contributed by atoms with Gasteiger partial charge in [-0.25, -0.2) is 8.78 Å². The highest BCUT2D eigenvalue weighted by Crippen LogP contribution is 1.97. The lowest BCUT2D eigenvalue weighted by atomic mass is 10.4. The van der Waals surface area contributed by atoms with Crippen molar-refractivity contribution in [2.45, 2.75) is 26.7 Å². The highest BCUT2D eigenvalue weighted by atomic mass is 19.3. The molecule has 1 nitrogen and oxygen atoms in total. The summed E-state index contributed by atoms with van der Waals surface area (Å²) in [7, 11) is 3.56. The predicted molar refractivity (Wildman–Crippen MR) is 40.5 cm³/mol. The van der Waals surface area contributed by atoms with Crippen molar-refractivity contribution in [3.05, 3.63) is 0 Å². The first kappa shape index (κ1) is 12.5. The second-order valence-corrected chi connectivity index (χ2v) is 1.98. The first-order chi connectivity index (χ1) is 4.63. The maximum Gasteiger partial charge on any atom is 0.239 e. The summed E-state index contributed by atoms with van der Waals surface area (Å²) in [6.45, 7) is 4.47. The summed E-state index contributed by atoms with van der Waals surface area (Å²) in [5.74, 6) is 0. The molecule has 0 bridgehead atoms. The molecule has 0 aliphatic heterocycles. The van der Waals surface area contributed by atoms with Gasteiger partial charge < -0.3 is 4.90 Å². The van der Waals surface area contributed by atoms with Crippen LogP contribution in [0.2, 0.25) is 0 Å². The van der Waals surface area contributed by atoms with Gasteiger partial charge in [0.15, 0.2) is 0 Å². The Morgan fingerprint density at radius 1 is 1.20 bits per heavy atom. The molecule has 0 N–H and O–H groups in total. The Kier molecular flexibility index (Phi) is 11.0. The fourth-order valence-corrected chi connectivity index (χ4v) is 0.356. The number of rotatable bonds is 3. The smallest absolute Gasteiger partial charge is 0.239 e. The molecular formula is C7H17F2N. The third-order valence-electron chi connectivity index (χ3n) is 0.795. The Hall–Kier alpha value is -0.180. The zero-order valence-electron chi connectivity index (χ0n) is 7.19. The van der Waals surface area contributed by atoms with Gasteiger partial charge >= 0.3 is 0 Å². The van der Waals surface area contributed by atoms with E-state index in [9.17, 15) is 8.78 Å². The molecule has 0 aromatic rings. The molecule has 0 unspecified atom stereocenters. The SMILES string of the molecule is CC.CN(C)CCC(F)F. The minimum absolute atomic E-state index is 0.0208. The summed E-state index contributed by atoms with van der Waals surface area (Å²) in [6.07, 6.45) is -2.18. The number of nitrogens with zero attached hydrogens (tertiary/aromatic N) is 1. The highest BCUT2D eigenvalue weighted by molar-refractivity contribution is 4.44. The number of alkyl halides is 2. The largest absolute Gasteiger partial charge is 0.309 e. The average Bonchev–Trinajstić information content (AvgIpc) is 1.89.